The molecule has 0 bridgehead atoms. The van der Waals surface area contributed by atoms with E-state index in [1.165, 1.54) is 50.7 Å². The first kappa shape index (κ1) is 18.4. The summed E-state index contributed by atoms with van der Waals surface area (Å²) in [5.41, 5.74) is 0.883. The number of ether oxygens (including phenoxy) is 1. The molecule has 0 saturated carbocycles. The highest BCUT2D eigenvalue weighted by atomic mass is 32.2. The summed E-state index contributed by atoms with van der Waals surface area (Å²) in [5.74, 6) is 0.0974. The molecule has 1 amide bonds. The molecular formula is C16H20N2O4S2. The summed E-state index contributed by atoms with van der Waals surface area (Å²) >= 11 is 1.53. The SMILES string of the molecule is COc1ccc(S(=O)(=O)N(C)C)cc1NC(=O)c1cc(C)sc1C. The number of amides is 1. The first-order chi connectivity index (χ1) is 11.2. The second kappa shape index (κ2) is 6.92. The fourth-order valence-corrected chi connectivity index (χ4v) is 4.05. The van der Waals surface area contributed by atoms with Crippen molar-refractivity contribution >= 4 is 33.0 Å². The van der Waals surface area contributed by atoms with Crippen LogP contribution < -0.4 is 10.1 Å². The normalized spacial score (nSPS) is 11.6. The third-order valence-electron chi connectivity index (χ3n) is 3.48. The number of carbonyl (C=O) groups excluding carboxylic acids is 1. The van der Waals surface area contributed by atoms with E-state index in [9.17, 15) is 13.2 Å². The molecule has 24 heavy (non-hydrogen) atoms. The third kappa shape index (κ3) is 3.61. The summed E-state index contributed by atoms with van der Waals surface area (Å²) in [6.45, 7) is 3.80. The zero-order chi connectivity index (χ0) is 18.1. The van der Waals surface area contributed by atoms with E-state index in [4.69, 9.17) is 4.74 Å². The number of aryl methyl sites for hydroxylation is 2. The molecule has 0 atom stereocenters. The van der Waals surface area contributed by atoms with Crippen molar-refractivity contribution in [2.75, 3.05) is 26.5 Å². The lowest BCUT2D eigenvalue weighted by Crippen LogP contribution is -2.22. The molecule has 1 aromatic carbocycles. The maximum absolute atomic E-state index is 12.5. The minimum absolute atomic E-state index is 0.0850. The molecule has 1 heterocycles. The molecule has 0 aliphatic heterocycles. The van der Waals surface area contributed by atoms with Gasteiger partial charge in [0.05, 0.1) is 23.3 Å². The Morgan fingerprint density at radius 3 is 2.38 bits per heavy atom. The van der Waals surface area contributed by atoms with E-state index < -0.39 is 10.0 Å². The van der Waals surface area contributed by atoms with Crippen molar-refractivity contribution in [2.24, 2.45) is 0 Å². The molecule has 1 aromatic heterocycles. The molecule has 0 aliphatic carbocycles. The van der Waals surface area contributed by atoms with Crippen molar-refractivity contribution < 1.29 is 17.9 Å². The summed E-state index contributed by atoms with van der Waals surface area (Å²) in [6.07, 6.45) is 0. The van der Waals surface area contributed by atoms with Gasteiger partial charge < -0.3 is 10.1 Å². The lowest BCUT2D eigenvalue weighted by Gasteiger charge is -2.15. The maximum atomic E-state index is 12.5. The molecule has 0 aliphatic rings. The van der Waals surface area contributed by atoms with Crippen molar-refractivity contribution in [1.29, 1.82) is 0 Å². The van der Waals surface area contributed by atoms with Gasteiger partial charge in [-0.05, 0) is 38.1 Å². The molecule has 1 N–H and O–H groups in total. The van der Waals surface area contributed by atoms with Crippen molar-refractivity contribution in [3.05, 3.63) is 39.6 Å². The van der Waals surface area contributed by atoms with Gasteiger partial charge in [-0.2, -0.15) is 0 Å². The second-order valence-electron chi connectivity index (χ2n) is 5.43. The highest BCUT2D eigenvalue weighted by Crippen LogP contribution is 2.30. The number of hydrogen-bond donors (Lipinski definition) is 1. The Balaban J connectivity index is 2.42. The lowest BCUT2D eigenvalue weighted by atomic mass is 10.2. The van der Waals surface area contributed by atoms with E-state index in [0.29, 0.717) is 17.0 Å². The number of rotatable bonds is 5. The molecule has 0 unspecified atom stereocenters. The van der Waals surface area contributed by atoms with E-state index in [1.54, 1.807) is 0 Å². The summed E-state index contributed by atoms with van der Waals surface area (Å²) in [7, 11) is 0.770. The molecular weight excluding hydrogens is 348 g/mol. The van der Waals surface area contributed by atoms with Crippen LogP contribution in [0.25, 0.3) is 0 Å². The Morgan fingerprint density at radius 1 is 1.21 bits per heavy atom. The zero-order valence-corrected chi connectivity index (χ0v) is 15.8. The van der Waals surface area contributed by atoms with Gasteiger partial charge in [0.15, 0.2) is 0 Å². The number of anilines is 1. The Bertz CT molecular complexity index is 870. The quantitative estimate of drug-likeness (QED) is 0.880. The van der Waals surface area contributed by atoms with E-state index in [2.05, 4.69) is 5.32 Å². The van der Waals surface area contributed by atoms with Crippen LogP contribution in [0.1, 0.15) is 20.1 Å². The maximum Gasteiger partial charge on any atom is 0.256 e. The van der Waals surface area contributed by atoms with Crippen molar-refractivity contribution in [1.82, 2.24) is 4.31 Å². The van der Waals surface area contributed by atoms with Gasteiger partial charge >= 0.3 is 0 Å². The van der Waals surface area contributed by atoms with Crippen LogP contribution in [-0.2, 0) is 10.0 Å². The number of nitrogens with zero attached hydrogens (tertiary/aromatic N) is 1. The molecule has 0 spiro atoms. The molecule has 2 aromatic rings. The van der Waals surface area contributed by atoms with Crippen molar-refractivity contribution in [2.45, 2.75) is 18.7 Å². The van der Waals surface area contributed by atoms with Crippen LogP contribution in [0.15, 0.2) is 29.2 Å². The van der Waals surface area contributed by atoms with Crippen LogP contribution in [0.3, 0.4) is 0 Å². The predicted octanol–water partition coefficient (Wildman–Crippen LogP) is 2.88. The molecule has 8 heteroatoms. The summed E-state index contributed by atoms with van der Waals surface area (Å²) < 4.78 is 30.9. The van der Waals surface area contributed by atoms with Crippen LogP contribution in [0.4, 0.5) is 5.69 Å². The fraction of sp³-hybridized carbons (Fsp3) is 0.312. The second-order valence-corrected chi connectivity index (χ2v) is 9.04. The van der Waals surface area contributed by atoms with E-state index in [0.717, 1.165) is 14.1 Å². The standard InChI is InChI=1S/C16H20N2O4S2/c1-10-8-13(11(2)23-10)16(19)17-14-9-12(6-7-15(14)22-5)24(20,21)18(3)4/h6-9H,1-5H3,(H,17,19). The Kier molecular flexibility index (Phi) is 5.32. The average Bonchev–Trinajstić information content (AvgIpc) is 2.85. The summed E-state index contributed by atoms with van der Waals surface area (Å²) in [5, 5.41) is 2.74. The minimum Gasteiger partial charge on any atom is -0.495 e. The van der Waals surface area contributed by atoms with Gasteiger partial charge in [0.2, 0.25) is 10.0 Å². The van der Waals surface area contributed by atoms with Crippen molar-refractivity contribution in [3.63, 3.8) is 0 Å². The highest BCUT2D eigenvalue weighted by Gasteiger charge is 2.20. The van der Waals surface area contributed by atoms with Crippen molar-refractivity contribution in [3.8, 4) is 5.75 Å². The van der Waals surface area contributed by atoms with Gasteiger partial charge in [-0.3, -0.25) is 4.79 Å². The Morgan fingerprint density at radius 2 is 1.88 bits per heavy atom. The van der Waals surface area contributed by atoms with Gasteiger partial charge in [0.1, 0.15) is 5.75 Å². The van der Waals surface area contributed by atoms with Gasteiger partial charge in [0.25, 0.3) is 5.91 Å². The van der Waals surface area contributed by atoms with Gasteiger partial charge in [-0.1, -0.05) is 0 Å². The monoisotopic (exact) mass is 368 g/mol. The fourth-order valence-electron chi connectivity index (χ4n) is 2.20. The van der Waals surface area contributed by atoms with Gasteiger partial charge in [-0.25, -0.2) is 12.7 Å². The lowest BCUT2D eigenvalue weighted by molar-refractivity contribution is 0.102. The largest absolute Gasteiger partial charge is 0.495 e. The topological polar surface area (TPSA) is 75.7 Å². The zero-order valence-electron chi connectivity index (χ0n) is 14.2. The number of carbonyl (C=O) groups is 1. The summed E-state index contributed by atoms with van der Waals surface area (Å²) in [6, 6.07) is 6.18. The first-order valence-corrected chi connectivity index (χ1v) is 9.41. The Hall–Kier alpha value is -1.90. The smallest absolute Gasteiger partial charge is 0.256 e. The molecule has 0 saturated heterocycles. The van der Waals surface area contributed by atoms with Gasteiger partial charge in [-0.15, -0.1) is 11.3 Å². The number of hydrogen-bond acceptors (Lipinski definition) is 5. The highest BCUT2D eigenvalue weighted by molar-refractivity contribution is 7.89. The molecule has 130 valence electrons. The molecule has 6 nitrogen and oxygen atoms in total. The number of thiophene rings is 1. The summed E-state index contributed by atoms with van der Waals surface area (Å²) in [4.78, 5) is 14.5. The van der Waals surface area contributed by atoms with Crippen LogP contribution in [0.2, 0.25) is 0 Å². The molecule has 0 radical (unpaired) electrons. The van der Waals surface area contributed by atoms with E-state index in [-0.39, 0.29) is 10.8 Å². The number of methoxy groups -OCH3 is 1. The number of nitrogens with one attached hydrogen (secondary N) is 1. The third-order valence-corrected chi connectivity index (χ3v) is 6.26. The van der Waals surface area contributed by atoms with Crippen LogP contribution in [-0.4, -0.2) is 39.8 Å². The van der Waals surface area contributed by atoms with Crippen LogP contribution in [0.5, 0.6) is 5.75 Å². The Labute approximate surface area is 146 Å². The van der Waals surface area contributed by atoms with Crippen LogP contribution in [0, 0.1) is 13.8 Å². The molecule has 0 fully saturated rings. The van der Waals surface area contributed by atoms with E-state index in [1.807, 2.05) is 19.9 Å². The van der Waals surface area contributed by atoms with Crippen LogP contribution >= 0.6 is 11.3 Å². The minimum atomic E-state index is -3.60. The van der Waals surface area contributed by atoms with Gasteiger partial charge in [0, 0.05) is 23.8 Å². The number of benzene rings is 1. The average molecular weight is 368 g/mol. The first-order valence-electron chi connectivity index (χ1n) is 7.15. The predicted molar refractivity (Wildman–Crippen MR) is 95.6 cm³/mol. The molecule has 2 rings (SSSR count). The number of sulfonamides is 1. The van der Waals surface area contributed by atoms with E-state index >= 15 is 0 Å².